The summed E-state index contributed by atoms with van der Waals surface area (Å²) in [7, 11) is 3.46. The second kappa shape index (κ2) is 11.6. The van der Waals surface area contributed by atoms with Gasteiger partial charge < -0.3 is 35.0 Å². The molecule has 1 amide bonds. The third-order valence-electron chi connectivity index (χ3n) is 6.35. The van der Waals surface area contributed by atoms with Gasteiger partial charge in [-0.1, -0.05) is 17.3 Å². The molecule has 37 heavy (non-hydrogen) atoms. The molecule has 1 fully saturated rings. The molecule has 5 atom stereocenters. The number of anilines is 1. The van der Waals surface area contributed by atoms with Crippen molar-refractivity contribution in [2.75, 3.05) is 38.8 Å². The lowest BCUT2D eigenvalue weighted by molar-refractivity contribution is -0.206. The number of aliphatic hydroxyl groups excluding tert-OH is 3. The van der Waals surface area contributed by atoms with Gasteiger partial charge in [-0.15, -0.1) is 5.10 Å². The highest BCUT2D eigenvalue weighted by molar-refractivity contribution is 5.81. The second-order valence-electron chi connectivity index (χ2n) is 8.75. The van der Waals surface area contributed by atoms with Crippen LogP contribution in [-0.4, -0.2) is 94.5 Å². The molecule has 0 saturated carbocycles. The van der Waals surface area contributed by atoms with Crippen molar-refractivity contribution in [2.45, 2.75) is 30.5 Å². The minimum Gasteiger partial charge on any atom is -0.497 e. The fourth-order valence-corrected chi connectivity index (χ4v) is 4.25. The summed E-state index contributed by atoms with van der Waals surface area (Å²) in [5.41, 5.74) is 1.69. The number of carbonyl (C=O) groups is 1. The van der Waals surface area contributed by atoms with Gasteiger partial charge in [-0.05, 0) is 36.4 Å². The van der Waals surface area contributed by atoms with E-state index in [-0.39, 0.29) is 6.54 Å². The van der Waals surface area contributed by atoms with Crippen molar-refractivity contribution >= 4 is 11.6 Å². The maximum atomic E-state index is 13.6. The minimum absolute atomic E-state index is 0.248. The Morgan fingerprint density at radius 1 is 1.22 bits per heavy atom. The molecular weight excluding hydrogens is 485 g/mol. The van der Waals surface area contributed by atoms with Gasteiger partial charge in [0.1, 0.15) is 41.6 Å². The number of ether oxygens (including phenoxy) is 2. The summed E-state index contributed by atoms with van der Waals surface area (Å²) in [5.74, 6) is -0.316. The number of carbonyl (C=O) groups excluding carboxylic acids is 1. The zero-order valence-electron chi connectivity index (χ0n) is 20.4. The zero-order valence-corrected chi connectivity index (χ0v) is 20.4. The smallest absolute Gasteiger partial charge is 0.252 e. The van der Waals surface area contributed by atoms with Gasteiger partial charge >= 0.3 is 0 Å². The molecule has 4 N–H and O–H groups in total. The van der Waals surface area contributed by atoms with E-state index in [1.165, 1.54) is 29.1 Å². The highest BCUT2D eigenvalue weighted by Crippen LogP contribution is 2.31. The predicted octanol–water partition coefficient (Wildman–Crippen LogP) is 0.368. The van der Waals surface area contributed by atoms with E-state index < -0.39 is 48.8 Å². The molecule has 11 nitrogen and oxygen atoms in total. The monoisotopic (exact) mass is 515 g/mol. The molecule has 3 aromatic rings. The quantitative estimate of drug-likeness (QED) is 0.318. The van der Waals surface area contributed by atoms with Gasteiger partial charge in [-0.25, -0.2) is 9.07 Å². The normalized spacial score (nSPS) is 23.5. The van der Waals surface area contributed by atoms with Crippen molar-refractivity contribution < 1.29 is 34.0 Å². The van der Waals surface area contributed by atoms with E-state index in [9.17, 15) is 24.5 Å². The molecule has 0 bridgehead atoms. The number of halogens is 1. The third kappa shape index (κ3) is 5.88. The van der Waals surface area contributed by atoms with Crippen LogP contribution < -0.4 is 15.0 Å². The Hall–Kier alpha value is -3.58. The molecule has 198 valence electrons. The van der Waals surface area contributed by atoms with Crippen molar-refractivity contribution in [1.82, 2.24) is 20.3 Å². The molecule has 0 radical (unpaired) electrons. The van der Waals surface area contributed by atoms with Crippen molar-refractivity contribution in [3.63, 3.8) is 0 Å². The van der Waals surface area contributed by atoms with Crippen LogP contribution in [-0.2, 0) is 9.53 Å². The average Bonchev–Trinajstić information content (AvgIpc) is 3.38. The summed E-state index contributed by atoms with van der Waals surface area (Å²) in [5, 5.41) is 42.2. The summed E-state index contributed by atoms with van der Waals surface area (Å²) in [4.78, 5) is 14.9. The standard InChI is InChI=1S/C25H30FN5O6/c1-30(17-6-8-18(36-2)9-7-17)11-10-27-25(35)24-23(34)21(22(33)20(14-32)37-24)31-13-19(28-29-31)15-4-3-5-16(26)12-15/h3-9,12-13,20-24,32-34H,10-11,14H2,1-2H3,(H,27,35)/t20-,21+,22+,23-,24-/m1/s1. The Morgan fingerprint density at radius 3 is 2.65 bits per heavy atom. The average molecular weight is 516 g/mol. The second-order valence-corrected chi connectivity index (χ2v) is 8.75. The van der Waals surface area contributed by atoms with Crippen LogP contribution in [0.25, 0.3) is 11.3 Å². The summed E-state index contributed by atoms with van der Waals surface area (Å²) in [6.07, 6.45) is -3.97. The largest absolute Gasteiger partial charge is 0.497 e. The minimum atomic E-state index is -1.50. The highest BCUT2D eigenvalue weighted by atomic mass is 19.1. The molecule has 0 aliphatic carbocycles. The predicted molar refractivity (Wildman–Crippen MR) is 131 cm³/mol. The first-order chi connectivity index (χ1) is 17.8. The number of benzene rings is 2. The summed E-state index contributed by atoms with van der Waals surface area (Å²) in [6.45, 7) is 0.133. The van der Waals surface area contributed by atoms with E-state index >= 15 is 0 Å². The van der Waals surface area contributed by atoms with Crippen LogP contribution in [0, 0.1) is 5.82 Å². The molecule has 1 saturated heterocycles. The molecule has 1 aromatic heterocycles. The molecular formula is C25H30FN5O6. The van der Waals surface area contributed by atoms with Gasteiger partial charge in [-0.2, -0.15) is 0 Å². The first-order valence-electron chi connectivity index (χ1n) is 11.8. The molecule has 4 rings (SSSR count). The molecule has 12 heteroatoms. The van der Waals surface area contributed by atoms with Crippen LogP contribution >= 0.6 is 0 Å². The summed E-state index contributed by atoms with van der Waals surface area (Å²) < 4.78 is 25.5. The lowest BCUT2D eigenvalue weighted by Gasteiger charge is -2.41. The fraction of sp³-hybridized carbons (Fsp3) is 0.400. The van der Waals surface area contributed by atoms with Gasteiger partial charge in [0.05, 0.1) is 19.9 Å². The van der Waals surface area contributed by atoms with Gasteiger partial charge in [0, 0.05) is 31.4 Å². The SMILES string of the molecule is COc1ccc(N(C)CCNC(=O)[C@@H]2O[C@H](CO)[C@H](O)[C@H](n3cc(-c4cccc(F)c4)nn3)[C@H]2O)cc1. The van der Waals surface area contributed by atoms with Crippen LogP contribution in [0.1, 0.15) is 6.04 Å². The number of amides is 1. The van der Waals surface area contributed by atoms with Gasteiger partial charge in [0.15, 0.2) is 6.10 Å². The van der Waals surface area contributed by atoms with Crippen molar-refractivity contribution in [3.05, 3.63) is 60.5 Å². The Kier molecular flexibility index (Phi) is 8.34. The van der Waals surface area contributed by atoms with Gasteiger partial charge in [0.2, 0.25) is 0 Å². The first-order valence-corrected chi connectivity index (χ1v) is 11.8. The van der Waals surface area contributed by atoms with Gasteiger partial charge in [-0.3, -0.25) is 4.79 Å². The number of aliphatic hydroxyl groups is 3. The molecule has 0 spiro atoms. The number of nitrogens with one attached hydrogen (secondary N) is 1. The van der Waals surface area contributed by atoms with E-state index in [4.69, 9.17) is 9.47 Å². The van der Waals surface area contributed by atoms with Crippen LogP contribution in [0.3, 0.4) is 0 Å². The summed E-state index contributed by atoms with van der Waals surface area (Å²) >= 11 is 0. The number of nitrogens with zero attached hydrogens (tertiary/aromatic N) is 4. The number of likely N-dealkylation sites (N-methyl/N-ethyl adjacent to an activating group) is 1. The Bertz CT molecular complexity index is 1190. The fourth-order valence-electron chi connectivity index (χ4n) is 4.25. The van der Waals surface area contributed by atoms with E-state index in [2.05, 4.69) is 15.6 Å². The number of hydrogen-bond donors (Lipinski definition) is 4. The van der Waals surface area contributed by atoms with Crippen molar-refractivity contribution in [3.8, 4) is 17.0 Å². The molecule has 2 heterocycles. The maximum absolute atomic E-state index is 13.6. The molecule has 0 unspecified atom stereocenters. The molecule has 1 aliphatic rings. The zero-order chi connectivity index (χ0) is 26.5. The molecule has 1 aliphatic heterocycles. The number of aromatic nitrogens is 3. The number of methoxy groups -OCH3 is 1. The first kappa shape index (κ1) is 26.5. The Morgan fingerprint density at radius 2 is 1.97 bits per heavy atom. The number of hydrogen-bond acceptors (Lipinski definition) is 9. The highest BCUT2D eigenvalue weighted by Gasteiger charge is 2.48. The van der Waals surface area contributed by atoms with Crippen molar-refractivity contribution in [2.24, 2.45) is 0 Å². The molecule has 2 aromatic carbocycles. The van der Waals surface area contributed by atoms with Crippen LogP contribution in [0.5, 0.6) is 5.75 Å². The van der Waals surface area contributed by atoms with Crippen LogP contribution in [0.2, 0.25) is 0 Å². The van der Waals surface area contributed by atoms with Crippen molar-refractivity contribution in [1.29, 1.82) is 0 Å². The van der Waals surface area contributed by atoms with E-state index in [0.717, 1.165) is 11.4 Å². The summed E-state index contributed by atoms with van der Waals surface area (Å²) in [6, 6.07) is 12.1. The topological polar surface area (TPSA) is 142 Å². The lowest BCUT2D eigenvalue weighted by atomic mass is 9.92. The van der Waals surface area contributed by atoms with E-state index in [1.807, 2.05) is 36.2 Å². The Labute approximate surface area is 213 Å². The van der Waals surface area contributed by atoms with Crippen LogP contribution in [0.15, 0.2) is 54.7 Å². The number of rotatable bonds is 9. The lowest BCUT2D eigenvalue weighted by Crippen LogP contribution is -2.60. The van der Waals surface area contributed by atoms with E-state index in [0.29, 0.717) is 17.8 Å². The van der Waals surface area contributed by atoms with Crippen LogP contribution in [0.4, 0.5) is 10.1 Å². The Balaban J connectivity index is 1.43. The third-order valence-corrected chi connectivity index (χ3v) is 6.35. The van der Waals surface area contributed by atoms with Gasteiger partial charge in [0.25, 0.3) is 5.91 Å². The van der Waals surface area contributed by atoms with E-state index in [1.54, 1.807) is 13.2 Å². The maximum Gasteiger partial charge on any atom is 0.252 e.